The number of carboxylic acid groups (broad SMARTS) is 1. The van der Waals surface area contributed by atoms with E-state index in [0.717, 1.165) is 38.6 Å². The highest BCUT2D eigenvalue weighted by molar-refractivity contribution is 7.10. The lowest BCUT2D eigenvalue weighted by atomic mass is 9.86. The largest absolute Gasteiger partial charge is 0.481 e. The molecule has 2 rings (SSSR count). The van der Waals surface area contributed by atoms with Gasteiger partial charge in [-0.3, -0.25) is 4.79 Å². The third-order valence-electron chi connectivity index (χ3n) is 3.79. The molecule has 1 aromatic rings. The van der Waals surface area contributed by atoms with Crippen LogP contribution in [0, 0.1) is 5.92 Å². The molecule has 100 valence electrons. The Morgan fingerprint density at radius 2 is 2.39 bits per heavy atom. The van der Waals surface area contributed by atoms with Crippen LogP contribution in [-0.2, 0) is 17.8 Å². The van der Waals surface area contributed by atoms with Crippen molar-refractivity contribution in [2.45, 2.75) is 51.6 Å². The molecule has 1 aliphatic carbocycles. The lowest BCUT2D eigenvalue weighted by Gasteiger charge is -2.27. The van der Waals surface area contributed by atoms with E-state index in [1.165, 1.54) is 10.4 Å². The number of rotatable bonds is 5. The van der Waals surface area contributed by atoms with Crippen molar-refractivity contribution in [2.75, 3.05) is 0 Å². The fraction of sp³-hybridized carbons (Fsp3) is 0.643. The maximum Gasteiger partial charge on any atom is 0.306 e. The van der Waals surface area contributed by atoms with Crippen LogP contribution in [0.25, 0.3) is 0 Å². The van der Waals surface area contributed by atoms with Crippen molar-refractivity contribution in [3.8, 4) is 0 Å². The maximum atomic E-state index is 11.0. The van der Waals surface area contributed by atoms with Gasteiger partial charge in [-0.2, -0.15) is 0 Å². The molecule has 3 nitrogen and oxygen atoms in total. The van der Waals surface area contributed by atoms with Crippen molar-refractivity contribution in [1.29, 1.82) is 0 Å². The highest BCUT2D eigenvalue weighted by Crippen LogP contribution is 2.25. The Hall–Kier alpha value is -0.870. The average Bonchev–Trinajstić information content (AvgIpc) is 2.84. The van der Waals surface area contributed by atoms with Crippen LogP contribution >= 0.6 is 11.3 Å². The number of thiophene rings is 1. The highest BCUT2D eigenvalue weighted by Gasteiger charge is 2.26. The Bertz CT molecular complexity index is 402. The third kappa shape index (κ3) is 3.33. The minimum absolute atomic E-state index is 0.148. The molecule has 18 heavy (non-hydrogen) atoms. The van der Waals surface area contributed by atoms with E-state index >= 15 is 0 Å². The molecule has 0 aromatic carbocycles. The highest BCUT2D eigenvalue weighted by atomic mass is 32.1. The number of hydrogen-bond acceptors (Lipinski definition) is 3. The second-order valence-electron chi connectivity index (χ2n) is 5.00. The van der Waals surface area contributed by atoms with Crippen molar-refractivity contribution in [1.82, 2.24) is 5.32 Å². The Kier molecular flexibility index (Phi) is 4.78. The fourth-order valence-corrected chi connectivity index (χ4v) is 3.60. The van der Waals surface area contributed by atoms with Gasteiger partial charge in [-0.15, -0.1) is 11.3 Å². The molecule has 0 radical (unpaired) electrons. The first-order valence-corrected chi connectivity index (χ1v) is 7.60. The zero-order chi connectivity index (χ0) is 13.0. The first kappa shape index (κ1) is 13.6. The van der Waals surface area contributed by atoms with Gasteiger partial charge in [0.2, 0.25) is 0 Å². The maximum absolute atomic E-state index is 11.0. The third-order valence-corrected chi connectivity index (χ3v) is 4.76. The van der Waals surface area contributed by atoms with Gasteiger partial charge in [-0.25, -0.2) is 0 Å². The standard InChI is InChI=1S/C14H21NO2S/c1-2-10-6-7-18-13(10)9-15-12-5-3-4-11(8-12)14(16)17/h6-7,11-12,15H,2-5,8-9H2,1H3,(H,16,17). The van der Waals surface area contributed by atoms with Crippen molar-refractivity contribution in [3.63, 3.8) is 0 Å². The van der Waals surface area contributed by atoms with Crippen LogP contribution in [0.2, 0.25) is 0 Å². The number of nitrogens with one attached hydrogen (secondary N) is 1. The Balaban J connectivity index is 1.85. The van der Waals surface area contributed by atoms with Crippen molar-refractivity contribution >= 4 is 17.3 Å². The van der Waals surface area contributed by atoms with Gasteiger partial charge in [0.25, 0.3) is 0 Å². The topological polar surface area (TPSA) is 49.3 Å². The van der Waals surface area contributed by atoms with Gasteiger partial charge in [0.15, 0.2) is 0 Å². The van der Waals surface area contributed by atoms with Crippen LogP contribution in [0.3, 0.4) is 0 Å². The fourth-order valence-electron chi connectivity index (χ4n) is 2.67. The minimum atomic E-state index is -0.633. The van der Waals surface area contributed by atoms with Crippen LogP contribution in [0.4, 0.5) is 0 Å². The molecular formula is C14H21NO2S. The molecule has 0 bridgehead atoms. The molecule has 2 N–H and O–H groups in total. The van der Waals surface area contributed by atoms with Crippen molar-refractivity contribution < 1.29 is 9.90 Å². The molecule has 1 fully saturated rings. The molecule has 1 saturated carbocycles. The van der Waals surface area contributed by atoms with Gasteiger partial charge < -0.3 is 10.4 Å². The van der Waals surface area contributed by atoms with Crippen LogP contribution in [0.15, 0.2) is 11.4 Å². The molecule has 0 saturated heterocycles. The van der Waals surface area contributed by atoms with E-state index < -0.39 is 5.97 Å². The Labute approximate surface area is 112 Å². The Morgan fingerprint density at radius 1 is 1.56 bits per heavy atom. The summed E-state index contributed by atoms with van der Waals surface area (Å²) in [5.74, 6) is -0.780. The van der Waals surface area contributed by atoms with Crippen LogP contribution in [0.1, 0.15) is 43.0 Å². The van der Waals surface area contributed by atoms with E-state index in [1.807, 2.05) is 0 Å². The summed E-state index contributed by atoms with van der Waals surface area (Å²) in [5.41, 5.74) is 1.41. The summed E-state index contributed by atoms with van der Waals surface area (Å²) < 4.78 is 0. The molecule has 2 unspecified atom stereocenters. The number of carbonyl (C=O) groups is 1. The molecule has 0 aliphatic heterocycles. The summed E-state index contributed by atoms with van der Waals surface area (Å²) in [4.78, 5) is 12.4. The second kappa shape index (κ2) is 6.34. The van der Waals surface area contributed by atoms with Gasteiger partial charge in [0, 0.05) is 17.5 Å². The minimum Gasteiger partial charge on any atom is -0.481 e. The van der Waals surface area contributed by atoms with E-state index in [1.54, 1.807) is 11.3 Å². The van der Waals surface area contributed by atoms with Gasteiger partial charge in [-0.05, 0) is 42.7 Å². The molecule has 4 heteroatoms. The predicted molar refractivity (Wildman–Crippen MR) is 73.9 cm³/mol. The van der Waals surface area contributed by atoms with E-state index in [2.05, 4.69) is 23.7 Å². The Morgan fingerprint density at radius 3 is 3.11 bits per heavy atom. The van der Waals surface area contributed by atoms with E-state index in [0.29, 0.717) is 6.04 Å². The molecular weight excluding hydrogens is 246 g/mol. The zero-order valence-corrected chi connectivity index (χ0v) is 11.6. The van der Waals surface area contributed by atoms with Crippen LogP contribution < -0.4 is 5.32 Å². The molecule has 2 atom stereocenters. The molecule has 1 aliphatic rings. The van der Waals surface area contributed by atoms with E-state index in [-0.39, 0.29) is 5.92 Å². The molecule has 0 amide bonds. The van der Waals surface area contributed by atoms with Crippen molar-refractivity contribution in [3.05, 3.63) is 21.9 Å². The second-order valence-corrected chi connectivity index (χ2v) is 6.00. The number of hydrogen-bond donors (Lipinski definition) is 2. The van der Waals surface area contributed by atoms with E-state index in [4.69, 9.17) is 5.11 Å². The lowest BCUT2D eigenvalue weighted by Crippen LogP contribution is -2.36. The zero-order valence-electron chi connectivity index (χ0n) is 10.8. The van der Waals surface area contributed by atoms with E-state index in [9.17, 15) is 4.79 Å². The van der Waals surface area contributed by atoms with Gasteiger partial charge in [0.1, 0.15) is 0 Å². The quantitative estimate of drug-likeness (QED) is 0.862. The molecule has 1 heterocycles. The average molecular weight is 267 g/mol. The van der Waals surface area contributed by atoms with Gasteiger partial charge >= 0.3 is 5.97 Å². The number of carboxylic acids is 1. The number of aryl methyl sites for hydroxylation is 1. The monoisotopic (exact) mass is 267 g/mol. The van der Waals surface area contributed by atoms with Crippen LogP contribution in [0.5, 0.6) is 0 Å². The van der Waals surface area contributed by atoms with Gasteiger partial charge in [0.05, 0.1) is 5.92 Å². The summed E-state index contributed by atoms with van der Waals surface area (Å²) in [6.45, 7) is 3.06. The summed E-state index contributed by atoms with van der Waals surface area (Å²) in [5, 5.41) is 14.7. The van der Waals surface area contributed by atoms with Gasteiger partial charge in [-0.1, -0.05) is 13.3 Å². The lowest BCUT2D eigenvalue weighted by molar-refractivity contribution is -0.143. The summed E-state index contributed by atoms with van der Waals surface area (Å²) in [6, 6.07) is 2.55. The summed E-state index contributed by atoms with van der Waals surface area (Å²) in [6.07, 6.45) is 4.83. The number of aliphatic carboxylic acids is 1. The SMILES string of the molecule is CCc1ccsc1CNC1CCCC(C(=O)O)C1. The summed E-state index contributed by atoms with van der Waals surface area (Å²) in [7, 11) is 0. The molecule has 0 spiro atoms. The normalized spacial score (nSPS) is 24.1. The van der Waals surface area contributed by atoms with Crippen LogP contribution in [-0.4, -0.2) is 17.1 Å². The first-order chi connectivity index (χ1) is 8.70. The molecule has 1 aromatic heterocycles. The predicted octanol–water partition coefficient (Wildman–Crippen LogP) is 3.04. The summed E-state index contributed by atoms with van der Waals surface area (Å²) >= 11 is 1.79. The first-order valence-electron chi connectivity index (χ1n) is 6.72. The van der Waals surface area contributed by atoms with Crippen molar-refractivity contribution in [2.24, 2.45) is 5.92 Å². The smallest absolute Gasteiger partial charge is 0.306 e.